The zero-order valence-corrected chi connectivity index (χ0v) is 14.2. The molecular formula is C16H14BrNO3S. The standard InChI is InChI=1S/C16H14BrNO3S/c1-21-16-7-3-2-5-13(16)6-4-12-18-22(19,20)15-10-8-14(17)9-11-15/h2-3,5,7-11,18H,12H2,1H3. The second-order valence-electron chi connectivity index (χ2n) is 4.28. The van der Waals surface area contributed by atoms with Gasteiger partial charge in [-0.2, -0.15) is 4.72 Å². The second-order valence-corrected chi connectivity index (χ2v) is 6.96. The van der Waals surface area contributed by atoms with Crippen LogP contribution < -0.4 is 9.46 Å². The van der Waals surface area contributed by atoms with Crippen molar-refractivity contribution in [3.63, 3.8) is 0 Å². The van der Waals surface area contributed by atoms with Crippen LogP contribution in [-0.4, -0.2) is 22.1 Å². The maximum atomic E-state index is 12.1. The van der Waals surface area contributed by atoms with Crippen molar-refractivity contribution in [1.29, 1.82) is 0 Å². The van der Waals surface area contributed by atoms with Crippen molar-refractivity contribution in [2.24, 2.45) is 0 Å². The molecule has 0 saturated carbocycles. The molecule has 4 nitrogen and oxygen atoms in total. The molecule has 2 aromatic carbocycles. The summed E-state index contributed by atoms with van der Waals surface area (Å²) in [5.74, 6) is 6.33. The highest BCUT2D eigenvalue weighted by Crippen LogP contribution is 2.16. The van der Waals surface area contributed by atoms with Crippen molar-refractivity contribution in [3.05, 3.63) is 58.6 Å². The number of sulfonamides is 1. The van der Waals surface area contributed by atoms with Crippen molar-refractivity contribution >= 4 is 26.0 Å². The SMILES string of the molecule is COc1ccccc1C#CCNS(=O)(=O)c1ccc(Br)cc1. The van der Waals surface area contributed by atoms with Crippen LogP contribution >= 0.6 is 15.9 Å². The van der Waals surface area contributed by atoms with Gasteiger partial charge in [-0.05, 0) is 36.4 Å². The van der Waals surface area contributed by atoms with Gasteiger partial charge < -0.3 is 4.74 Å². The molecule has 22 heavy (non-hydrogen) atoms. The molecule has 0 bridgehead atoms. The molecule has 0 heterocycles. The minimum absolute atomic E-state index is 0.0243. The lowest BCUT2D eigenvalue weighted by molar-refractivity contribution is 0.413. The summed E-state index contributed by atoms with van der Waals surface area (Å²) in [7, 11) is -1.99. The average molecular weight is 380 g/mol. The number of benzene rings is 2. The van der Waals surface area contributed by atoms with Gasteiger partial charge in [-0.1, -0.05) is 39.9 Å². The van der Waals surface area contributed by atoms with E-state index < -0.39 is 10.0 Å². The van der Waals surface area contributed by atoms with Gasteiger partial charge in [0.1, 0.15) is 5.75 Å². The summed E-state index contributed by atoms with van der Waals surface area (Å²) >= 11 is 3.27. The maximum absolute atomic E-state index is 12.1. The Labute approximate surface area is 138 Å². The highest BCUT2D eigenvalue weighted by Gasteiger charge is 2.11. The average Bonchev–Trinajstić information content (AvgIpc) is 2.52. The largest absolute Gasteiger partial charge is 0.495 e. The highest BCUT2D eigenvalue weighted by atomic mass is 79.9. The number of para-hydroxylation sites is 1. The molecule has 6 heteroatoms. The van der Waals surface area contributed by atoms with Crippen molar-refractivity contribution < 1.29 is 13.2 Å². The van der Waals surface area contributed by atoms with E-state index in [1.165, 1.54) is 12.1 Å². The summed E-state index contributed by atoms with van der Waals surface area (Å²) in [5.41, 5.74) is 0.716. The topological polar surface area (TPSA) is 55.4 Å². The van der Waals surface area contributed by atoms with Crippen molar-refractivity contribution in [1.82, 2.24) is 4.72 Å². The fraction of sp³-hybridized carbons (Fsp3) is 0.125. The molecule has 0 aliphatic carbocycles. The molecule has 2 aromatic rings. The number of halogens is 1. The van der Waals surface area contributed by atoms with E-state index in [9.17, 15) is 8.42 Å². The maximum Gasteiger partial charge on any atom is 0.241 e. The smallest absolute Gasteiger partial charge is 0.241 e. The lowest BCUT2D eigenvalue weighted by Gasteiger charge is -2.04. The Bertz CT molecular complexity index is 805. The van der Waals surface area contributed by atoms with Crippen LogP contribution in [0.4, 0.5) is 0 Å². The van der Waals surface area contributed by atoms with Crippen LogP contribution in [0.1, 0.15) is 5.56 Å². The Hall–Kier alpha value is -1.81. The molecule has 0 saturated heterocycles. The molecule has 1 N–H and O–H groups in total. The summed E-state index contributed by atoms with van der Waals surface area (Å²) in [4.78, 5) is 0.204. The van der Waals surface area contributed by atoms with Gasteiger partial charge in [-0.15, -0.1) is 0 Å². The van der Waals surface area contributed by atoms with Crippen LogP contribution in [0.25, 0.3) is 0 Å². The first-order chi connectivity index (χ1) is 10.5. The number of methoxy groups -OCH3 is 1. The van der Waals surface area contributed by atoms with Gasteiger partial charge in [0.15, 0.2) is 0 Å². The fourth-order valence-electron chi connectivity index (χ4n) is 1.72. The Morgan fingerprint density at radius 1 is 1.14 bits per heavy atom. The summed E-state index contributed by atoms with van der Waals surface area (Å²) in [6.07, 6.45) is 0. The molecule has 0 spiro atoms. The van der Waals surface area contributed by atoms with Gasteiger partial charge in [0, 0.05) is 4.47 Å². The van der Waals surface area contributed by atoms with E-state index in [4.69, 9.17) is 4.74 Å². The Morgan fingerprint density at radius 3 is 2.50 bits per heavy atom. The minimum Gasteiger partial charge on any atom is -0.495 e. The van der Waals surface area contributed by atoms with E-state index in [0.29, 0.717) is 11.3 Å². The first-order valence-electron chi connectivity index (χ1n) is 6.40. The molecule has 0 amide bonds. The molecule has 114 valence electrons. The van der Waals surface area contributed by atoms with Gasteiger partial charge in [-0.3, -0.25) is 0 Å². The van der Waals surface area contributed by atoms with Crippen LogP contribution in [0.5, 0.6) is 5.75 Å². The van der Waals surface area contributed by atoms with Crippen molar-refractivity contribution in [2.75, 3.05) is 13.7 Å². The van der Waals surface area contributed by atoms with Gasteiger partial charge in [0.25, 0.3) is 0 Å². The van der Waals surface area contributed by atoms with Crippen molar-refractivity contribution in [3.8, 4) is 17.6 Å². The van der Waals surface area contributed by atoms with Crippen molar-refractivity contribution in [2.45, 2.75) is 4.90 Å². The van der Waals surface area contributed by atoms with Crippen LogP contribution in [0, 0.1) is 11.8 Å². The summed E-state index contributed by atoms with van der Waals surface area (Å²) in [6, 6.07) is 13.7. The third-order valence-electron chi connectivity index (χ3n) is 2.80. The van der Waals surface area contributed by atoms with Gasteiger partial charge in [0.2, 0.25) is 10.0 Å². The normalized spacial score (nSPS) is 10.6. The zero-order chi connectivity index (χ0) is 16.0. The fourth-order valence-corrected chi connectivity index (χ4v) is 2.90. The van der Waals surface area contributed by atoms with Crippen LogP contribution in [0.15, 0.2) is 57.9 Å². The Kier molecular flexibility index (Phi) is 5.61. The predicted molar refractivity (Wildman–Crippen MR) is 89.2 cm³/mol. The molecule has 0 unspecified atom stereocenters. The third-order valence-corrected chi connectivity index (χ3v) is 4.75. The number of ether oxygens (including phenoxy) is 1. The third kappa shape index (κ3) is 4.34. The van der Waals surface area contributed by atoms with E-state index in [-0.39, 0.29) is 11.4 Å². The number of rotatable bonds is 4. The van der Waals surface area contributed by atoms with E-state index in [1.807, 2.05) is 18.2 Å². The Balaban J connectivity index is 2.05. The van der Waals surface area contributed by atoms with E-state index in [2.05, 4.69) is 32.5 Å². The van der Waals surface area contributed by atoms with E-state index in [1.54, 1.807) is 25.3 Å². The number of hydrogen-bond acceptors (Lipinski definition) is 3. The minimum atomic E-state index is -3.55. The van der Waals surface area contributed by atoms with Crippen LogP contribution in [-0.2, 0) is 10.0 Å². The van der Waals surface area contributed by atoms with Gasteiger partial charge in [-0.25, -0.2) is 8.42 Å². The molecule has 0 atom stereocenters. The van der Waals surface area contributed by atoms with E-state index in [0.717, 1.165) is 4.47 Å². The number of nitrogens with one attached hydrogen (secondary N) is 1. The van der Waals surface area contributed by atoms with Gasteiger partial charge in [0.05, 0.1) is 24.1 Å². The predicted octanol–water partition coefficient (Wildman–Crippen LogP) is 2.79. The number of hydrogen-bond donors (Lipinski definition) is 1. The Morgan fingerprint density at radius 2 is 1.82 bits per heavy atom. The monoisotopic (exact) mass is 379 g/mol. The summed E-state index contributed by atoms with van der Waals surface area (Å²) in [5, 5.41) is 0. The lowest BCUT2D eigenvalue weighted by atomic mass is 10.2. The zero-order valence-electron chi connectivity index (χ0n) is 11.8. The lowest BCUT2D eigenvalue weighted by Crippen LogP contribution is -2.23. The molecular weight excluding hydrogens is 366 g/mol. The molecule has 0 aliphatic heterocycles. The molecule has 0 aliphatic rings. The molecule has 2 rings (SSSR count). The van der Waals surface area contributed by atoms with Crippen LogP contribution in [0.2, 0.25) is 0 Å². The molecule has 0 fully saturated rings. The highest BCUT2D eigenvalue weighted by molar-refractivity contribution is 9.10. The second kappa shape index (κ2) is 7.45. The summed E-state index contributed by atoms with van der Waals surface area (Å²) < 4.78 is 32.6. The quantitative estimate of drug-likeness (QED) is 0.830. The van der Waals surface area contributed by atoms with E-state index >= 15 is 0 Å². The first kappa shape index (κ1) is 16.6. The van der Waals surface area contributed by atoms with Gasteiger partial charge >= 0.3 is 0 Å². The molecule has 0 aromatic heterocycles. The summed E-state index contributed by atoms with van der Waals surface area (Å²) in [6.45, 7) is 0.0243. The first-order valence-corrected chi connectivity index (χ1v) is 8.67. The van der Waals surface area contributed by atoms with Crippen LogP contribution in [0.3, 0.4) is 0 Å². The molecule has 0 radical (unpaired) electrons.